The largest absolute Gasteiger partial charge is 0.369 e. The van der Waals surface area contributed by atoms with Crippen molar-refractivity contribution in [2.75, 3.05) is 18.5 Å². The minimum absolute atomic E-state index is 0.967. The van der Waals surface area contributed by atoms with Crippen LogP contribution in [-0.2, 0) is 0 Å². The van der Waals surface area contributed by atoms with Crippen molar-refractivity contribution in [2.24, 2.45) is 0 Å². The summed E-state index contributed by atoms with van der Waals surface area (Å²) in [7, 11) is 2.12. The lowest BCUT2D eigenvalue weighted by Crippen LogP contribution is -2.22. The Balaban J connectivity index is 2.41. The van der Waals surface area contributed by atoms with E-state index in [1.54, 1.807) is 0 Å². The molecule has 0 radical (unpaired) electrons. The van der Waals surface area contributed by atoms with Gasteiger partial charge in [0.25, 0.3) is 0 Å². The number of pyridine rings is 1. The van der Waals surface area contributed by atoms with Crippen LogP contribution in [0.15, 0.2) is 36.5 Å². The van der Waals surface area contributed by atoms with E-state index in [1.165, 1.54) is 22.2 Å². The third-order valence-electron chi connectivity index (χ3n) is 3.23. The van der Waals surface area contributed by atoms with E-state index in [2.05, 4.69) is 48.1 Å². The van der Waals surface area contributed by atoms with Crippen molar-refractivity contribution in [3.63, 3.8) is 0 Å². The van der Waals surface area contributed by atoms with Crippen molar-refractivity contribution in [2.45, 2.75) is 6.92 Å². The van der Waals surface area contributed by atoms with Crippen LogP contribution in [0.5, 0.6) is 0 Å². The van der Waals surface area contributed by atoms with Crippen molar-refractivity contribution in [1.82, 2.24) is 4.98 Å². The van der Waals surface area contributed by atoms with Crippen LogP contribution in [0, 0.1) is 0 Å². The van der Waals surface area contributed by atoms with Gasteiger partial charge in [-0.1, -0.05) is 24.3 Å². The van der Waals surface area contributed by atoms with E-state index in [-0.39, 0.29) is 0 Å². The number of benzene rings is 1. The minimum Gasteiger partial charge on any atom is -0.369 e. The first kappa shape index (κ1) is 9.40. The summed E-state index contributed by atoms with van der Waals surface area (Å²) in [6.45, 7) is 3.13. The normalized spacial score (nSPS) is 14.9. The van der Waals surface area contributed by atoms with E-state index < -0.39 is 0 Å². The summed E-state index contributed by atoms with van der Waals surface area (Å²) in [5.41, 5.74) is 5.02. The zero-order chi connectivity index (χ0) is 11.1. The monoisotopic (exact) mass is 210 g/mol. The second-order valence-electron chi connectivity index (χ2n) is 4.30. The number of fused-ring (bicyclic) bond motifs is 3. The fourth-order valence-corrected chi connectivity index (χ4v) is 2.31. The number of likely N-dealkylation sites (N-methyl/N-ethyl adjacent to an activating group) is 1. The molecule has 0 amide bonds. The number of aromatic nitrogens is 1. The molecular formula is C14H14N2. The first-order valence-corrected chi connectivity index (χ1v) is 5.53. The molecule has 0 aliphatic carbocycles. The maximum atomic E-state index is 4.51. The summed E-state index contributed by atoms with van der Waals surface area (Å²) in [4.78, 5) is 6.77. The van der Waals surface area contributed by atoms with Crippen molar-refractivity contribution in [3.8, 4) is 0 Å². The zero-order valence-corrected chi connectivity index (χ0v) is 9.57. The van der Waals surface area contributed by atoms with Gasteiger partial charge in [0.15, 0.2) is 0 Å². The molecule has 2 nitrogen and oxygen atoms in total. The molecule has 1 aliphatic heterocycles. The summed E-state index contributed by atoms with van der Waals surface area (Å²) >= 11 is 0. The van der Waals surface area contributed by atoms with Crippen LogP contribution in [0.2, 0.25) is 0 Å². The molecule has 3 rings (SSSR count). The van der Waals surface area contributed by atoms with Gasteiger partial charge in [0, 0.05) is 30.7 Å². The van der Waals surface area contributed by atoms with Gasteiger partial charge in [0.2, 0.25) is 0 Å². The van der Waals surface area contributed by atoms with E-state index in [0.717, 1.165) is 12.1 Å². The van der Waals surface area contributed by atoms with Crippen molar-refractivity contribution in [3.05, 3.63) is 42.1 Å². The lowest BCUT2D eigenvalue weighted by atomic mass is 9.98. The highest BCUT2D eigenvalue weighted by Crippen LogP contribution is 2.35. The second kappa shape index (κ2) is 3.34. The smallest absolute Gasteiger partial charge is 0.0941 e. The second-order valence-corrected chi connectivity index (χ2v) is 4.30. The topological polar surface area (TPSA) is 16.1 Å². The van der Waals surface area contributed by atoms with E-state index in [9.17, 15) is 0 Å². The Kier molecular flexibility index (Phi) is 1.96. The Bertz CT molecular complexity index is 584. The van der Waals surface area contributed by atoms with Gasteiger partial charge < -0.3 is 4.90 Å². The third kappa shape index (κ3) is 1.23. The predicted molar refractivity (Wildman–Crippen MR) is 68.7 cm³/mol. The number of hydrogen-bond donors (Lipinski definition) is 0. The molecular weight excluding hydrogens is 196 g/mol. The predicted octanol–water partition coefficient (Wildman–Crippen LogP) is 3.09. The number of rotatable bonds is 0. The van der Waals surface area contributed by atoms with Gasteiger partial charge in [-0.05, 0) is 18.6 Å². The van der Waals surface area contributed by atoms with Gasteiger partial charge in [0.05, 0.1) is 11.2 Å². The van der Waals surface area contributed by atoms with Crippen molar-refractivity contribution in [1.29, 1.82) is 0 Å². The van der Waals surface area contributed by atoms with Gasteiger partial charge in [0.1, 0.15) is 0 Å². The molecule has 0 saturated carbocycles. The molecule has 80 valence electrons. The molecule has 0 spiro atoms. The molecule has 0 fully saturated rings. The Morgan fingerprint density at radius 2 is 2.12 bits per heavy atom. The highest BCUT2D eigenvalue weighted by molar-refractivity contribution is 5.98. The fourth-order valence-electron chi connectivity index (χ4n) is 2.31. The first-order chi connectivity index (χ1) is 7.77. The summed E-state index contributed by atoms with van der Waals surface area (Å²) in [5, 5.41) is 1.21. The highest BCUT2D eigenvalue weighted by Gasteiger charge is 2.16. The van der Waals surface area contributed by atoms with Crippen LogP contribution in [0.3, 0.4) is 0 Å². The molecule has 2 heterocycles. The molecule has 16 heavy (non-hydrogen) atoms. The van der Waals surface area contributed by atoms with Gasteiger partial charge >= 0.3 is 0 Å². The van der Waals surface area contributed by atoms with Crippen LogP contribution in [0.4, 0.5) is 5.69 Å². The van der Waals surface area contributed by atoms with E-state index in [1.807, 2.05) is 12.3 Å². The van der Waals surface area contributed by atoms with Crippen LogP contribution in [-0.4, -0.2) is 18.6 Å². The standard InChI is InChI=1S/C14H14N2/c1-10-7-9-16(2)14-12(10)6-5-11-4-3-8-15-13(11)14/h3-8H,9H2,1-2H3. The average Bonchev–Trinajstić information content (AvgIpc) is 2.33. The van der Waals surface area contributed by atoms with Crippen molar-refractivity contribution < 1.29 is 0 Å². The van der Waals surface area contributed by atoms with Crippen LogP contribution in [0.25, 0.3) is 16.5 Å². The van der Waals surface area contributed by atoms with Gasteiger partial charge in [-0.25, -0.2) is 0 Å². The molecule has 1 aromatic carbocycles. The van der Waals surface area contributed by atoms with E-state index in [0.29, 0.717) is 0 Å². The highest BCUT2D eigenvalue weighted by atomic mass is 15.1. The first-order valence-electron chi connectivity index (χ1n) is 5.53. The van der Waals surface area contributed by atoms with E-state index in [4.69, 9.17) is 0 Å². The minimum atomic E-state index is 0.967. The number of nitrogens with zero attached hydrogens (tertiary/aromatic N) is 2. The Labute approximate surface area is 95.2 Å². The van der Waals surface area contributed by atoms with Gasteiger partial charge in [-0.15, -0.1) is 0 Å². The lowest BCUT2D eigenvalue weighted by molar-refractivity contribution is 1.01. The summed E-state index contributed by atoms with van der Waals surface area (Å²) in [5.74, 6) is 0. The maximum absolute atomic E-state index is 4.51. The third-order valence-corrected chi connectivity index (χ3v) is 3.23. The molecule has 0 N–H and O–H groups in total. The maximum Gasteiger partial charge on any atom is 0.0941 e. The van der Waals surface area contributed by atoms with Gasteiger partial charge in [-0.3, -0.25) is 4.98 Å². The lowest BCUT2D eigenvalue weighted by Gasteiger charge is -2.27. The zero-order valence-electron chi connectivity index (χ0n) is 9.57. The molecule has 1 aliphatic rings. The Morgan fingerprint density at radius 1 is 1.25 bits per heavy atom. The van der Waals surface area contributed by atoms with Crippen LogP contribution >= 0.6 is 0 Å². The summed E-state index contributed by atoms with van der Waals surface area (Å²) < 4.78 is 0. The quantitative estimate of drug-likeness (QED) is 0.664. The summed E-state index contributed by atoms with van der Waals surface area (Å²) in [6, 6.07) is 8.45. The Morgan fingerprint density at radius 3 is 3.00 bits per heavy atom. The Hall–Kier alpha value is -1.83. The molecule has 2 aromatic rings. The SMILES string of the molecule is CC1=CCN(C)c2c1ccc1cccnc21. The molecule has 2 heteroatoms. The van der Waals surface area contributed by atoms with Crippen LogP contribution in [0.1, 0.15) is 12.5 Å². The summed E-state index contributed by atoms with van der Waals surface area (Å²) in [6.07, 6.45) is 4.13. The van der Waals surface area contributed by atoms with Gasteiger partial charge in [-0.2, -0.15) is 0 Å². The molecule has 0 saturated heterocycles. The molecule has 0 bridgehead atoms. The number of hydrogen-bond acceptors (Lipinski definition) is 2. The fraction of sp³-hybridized carbons (Fsp3) is 0.214. The van der Waals surface area contributed by atoms with Crippen molar-refractivity contribution >= 4 is 22.2 Å². The van der Waals surface area contributed by atoms with Crippen LogP contribution < -0.4 is 4.90 Å². The van der Waals surface area contributed by atoms with E-state index >= 15 is 0 Å². The number of allylic oxidation sites excluding steroid dienone is 1. The molecule has 0 atom stereocenters. The average molecular weight is 210 g/mol. The molecule has 0 unspecified atom stereocenters. The molecule has 1 aromatic heterocycles. The number of anilines is 1.